The van der Waals surface area contributed by atoms with Crippen LogP contribution in [0.25, 0.3) is 0 Å². The van der Waals surface area contributed by atoms with Gasteiger partial charge in [0.25, 0.3) is 0 Å². The van der Waals surface area contributed by atoms with Gasteiger partial charge in [0, 0.05) is 0 Å². The van der Waals surface area contributed by atoms with E-state index in [1.54, 1.807) is 0 Å². The minimum atomic E-state index is -0.0376. The first-order chi connectivity index (χ1) is 4.68. The van der Waals surface area contributed by atoms with E-state index in [4.69, 9.17) is 44.6 Å². The van der Waals surface area contributed by atoms with Crippen molar-refractivity contribution >= 4 is 34.8 Å². The predicted octanol–water partition coefficient (Wildman–Crippen LogP) is 1.88. The summed E-state index contributed by atoms with van der Waals surface area (Å²) >= 11 is 16.0. The van der Waals surface area contributed by atoms with E-state index in [9.17, 15) is 0 Å². The third-order valence-electron chi connectivity index (χ3n) is 0.669. The number of rotatable bonds is 4. The number of hydrogen-bond acceptors (Lipinski definition) is 2. The maximum absolute atomic E-state index is 8.27. The van der Waals surface area contributed by atoms with Gasteiger partial charge < -0.3 is 9.84 Å². The normalized spacial score (nSPS) is 9.60. The summed E-state index contributed by atoms with van der Waals surface area (Å²) in [5, 5.41) is 8.51. The molecule has 0 atom stereocenters. The lowest BCUT2D eigenvalue weighted by atomic mass is 10.6. The summed E-state index contributed by atoms with van der Waals surface area (Å²) in [7, 11) is 0. The van der Waals surface area contributed by atoms with Crippen molar-refractivity contribution in [1.82, 2.24) is 0 Å². The van der Waals surface area contributed by atoms with Crippen LogP contribution < -0.4 is 0 Å². The Morgan fingerprint density at radius 1 is 1.30 bits per heavy atom. The van der Waals surface area contributed by atoms with E-state index in [2.05, 4.69) is 0 Å². The van der Waals surface area contributed by atoms with Gasteiger partial charge in [0.15, 0.2) is 0 Å². The second-order valence-electron chi connectivity index (χ2n) is 1.44. The summed E-state index contributed by atoms with van der Waals surface area (Å²) in [5.74, 6) is 0. The van der Waals surface area contributed by atoms with E-state index in [1.807, 2.05) is 0 Å². The Bertz CT molecular complexity index is 120. The van der Waals surface area contributed by atoms with Crippen LogP contribution in [0.2, 0.25) is 0 Å². The fraction of sp³-hybridized carbons (Fsp3) is 0.600. The molecule has 0 rings (SSSR count). The molecule has 0 aromatic heterocycles. The zero-order chi connectivity index (χ0) is 7.98. The van der Waals surface area contributed by atoms with E-state index >= 15 is 0 Å². The summed E-state index contributed by atoms with van der Waals surface area (Å²) in [6.07, 6.45) is 0. The molecule has 0 aliphatic rings. The third-order valence-corrected chi connectivity index (χ3v) is 1.62. The molecule has 1 N–H and O–H groups in total. The Morgan fingerprint density at radius 3 is 2.30 bits per heavy atom. The molecular formula is C5H7Cl3O2. The summed E-state index contributed by atoms with van der Waals surface area (Å²) in [5.41, 5.74) is 0. The van der Waals surface area contributed by atoms with Crippen LogP contribution >= 0.6 is 34.8 Å². The van der Waals surface area contributed by atoms with Crippen molar-refractivity contribution in [1.29, 1.82) is 0 Å². The highest BCUT2D eigenvalue weighted by atomic mass is 35.5. The minimum absolute atomic E-state index is 0.000364. The first kappa shape index (κ1) is 10.5. The summed E-state index contributed by atoms with van der Waals surface area (Å²) in [6, 6.07) is 0. The molecule has 0 radical (unpaired) electrons. The lowest BCUT2D eigenvalue weighted by Crippen LogP contribution is -2.00. The van der Waals surface area contributed by atoms with Crippen molar-refractivity contribution in [2.75, 3.05) is 19.8 Å². The highest BCUT2D eigenvalue weighted by Crippen LogP contribution is 2.17. The summed E-state index contributed by atoms with van der Waals surface area (Å²) in [4.78, 5) is 0. The zero-order valence-corrected chi connectivity index (χ0v) is 7.38. The van der Waals surface area contributed by atoms with Crippen molar-refractivity contribution in [3.05, 3.63) is 9.52 Å². The number of hydrogen-bond donors (Lipinski definition) is 1. The van der Waals surface area contributed by atoms with Crippen LogP contribution in [-0.2, 0) is 4.74 Å². The molecule has 0 aromatic carbocycles. The molecule has 60 valence electrons. The van der Waals surface area contributed by atoms with Gasteiger partial charge in [0.05, 0.1) is 24.9 Å². The van der Waals surface area contributed by atoms with E-state index in [0.717, 1.165) is 0 Å². The fourth-order valence-electron chi connectivity index (χ4n) is 0.281. The Morgan fingerprint density at radius 2 is 1.90 bits per heavy atom. The Hall–Kier alpha value is 0.530. The monoisotopic (exact) mass is 204 g/mol. The van der Waals surface area contributed by atoms with Crippen LogP contribution in [0, 0.1) is 0 Å². The molecule has 0 aliphatic heterocycles. The highest BCUT2D eigenvalue weighted by molar-refractivity contribution is 6.59. The fourth-order valence-corrected chi connectivity index (χ4v) is 0.467. The lowest BCUT2D eigenvalue weighted by molar-refractivity contribution is 0.110. The van der Waals surface area contributed by atoms with E-state index in [0.29, 0.717) is 0 Å². The number of aliphatic hydroxyl groups excluding tert-OH is 1. The first-order valence-corrected chi connectivity index (χ1v) is 3.70. The van der Waals surface area contributed by atoms with Crippen molar-refractivity contribution in [2.45, 2.75) is 0 Å². The standard InChI is InChI=1S/C5H7Cl3O2/c6-4(5(7)8)3-10-2-1-9/h9H,1-3H2. The van der Waals surface area contributed by atoms with Crippen LogP contribution in [0.3, 0.4) is 0 Å². The van der Waals surface area contributed by atoms with Gasteiger partial charge in [0.1, 0.15) is 4.49 Å². The molecule has 0 aliphatic carbocycles. The maximum Gasteiger partial charge on any atom is 0.123 e. The van der Waals surface area contributed by atoms with E-state index < -0.39 is 0 Å². The zero-order valence-electron chi connectivity index (χ0n) is 5.11. The molecule has 0 heterocycles. The van der Waals surface area contributed by atoms with Crippen LogP contribution in [0.5, 0.6) is 0 Å². The van der Waals surface area contributed by atoms with E-state index in [-0.39, 0.29) is 29.3 Å². The lowest BCUT2D eigenvalue weighted by Gasteiger charge is -1.99. The van der Waals surface area contributed by atoms with Gasteiger partial charge in [-0.3, -0.25) is 0 Å². The van der Waals surface area contributed by atoms with Gasteiger partial charge in [-0.1, -0.05) is 34.8 Å². The van der Waals surface area contributed by atoms with Crippen molar-refractivity contribution in [3.63, 3.8) is 0 Å². The molecular weight excluding hydrogens is 198 g/mol. The molecule has 0 unspecified atom stereocenters. The largest absolute Gasteiger partial charge is 0.394 e. The Labute approximate surface area is 74.3 Å². The van der Waals surface area contributed by atoms with Crippen molar-refractivity contribution < 1.29 is 9.84 Å². The molecule has 0 aromatic rings. The van der Waals surface area contributed by atoms with Crippen molar-refractivity contribution in [3.8, 4) is 0 Å². The van der Waals surface area contributed by atoms with Gasteiger partial charge in [-0.2, -0.15) is 0 Å². The van der Waals surface area contributed by atoms with Gasteiger partial charge in [-0.05, 0) is 0 Å². The second-order valence-corrected chi connectivity index (χ2v) is 2.85. The van der Waals surface area contributed by atoms with Gasteiger partial charge >= 0.3 is 0 Å². The molecule has 2 nitrogen and oxygen atoms in total. The number of aliphatic hydroxyl groups is 1. The quantitative estimate of drug-likeness (QED) is 0.710. The van der Waals surface area contributed by atoms with Gasteiger partial charge in [-0.25, -0.2) is 0 Å². The molecule has 0 bridgehead atoms. The van der Waals surface area contributed by atoms with Crippen LogP contribution in [0.1, 0.15) is 0 Å². The smallest absolute Gasteiger partial charge is 0.123 e. The third kappa shape index (κ3) is 5.33. The predicted molar refractivity (Wildman–Crippen MR) is 42.5 cm³/mol. The van der Waals surface area contributed by atoms with Crippen LogP contribution in [0.4, 0.5) is 0 Å². The average Bonchev–Trinajstić information content (AvgIpc) is 1.88. The molecule has 0 amide bonds. The van der Waals surface area contributed by atoms with Gasteiger partial charge in [0.2, 0.25) is 0 Å². The Kier molecular flexibility index (Phi) is 6.59. The number of ether oxygens (including phenoxy) is 1. The highest BCUT2D eigenvalue weighted by Gasteiger charge is 1.97. The summed E-state index contributed by atoms with van der Waals surface area (Å²) < 4.78 is 4.80. The second kappa shape index (κ2) is 6.25. The minimum Gasteiger partial charge on any atom is -0.394 e. The molecule has 0 saturated carbocycles. The molecule has 0 saturated heterocycles. The molecule has 0 fully saturated rings. The SMILES string of the molecule is OCCOCC(Cl)=C(Cl)Cl. The average molecular weight is 205 g/mol. The molecule has 5 heteroatoms. The molecule has 10 heavy (non-hydrogen) atoms. The van der Waals surface area contributed by atoms with Crippen molar-refractivity contribution in [2.24, 2.45) is 0 Å². The molecule has 0 spiro atoms. The first-order valence-electron chi connectivity index (χ1n) is 2.56. The topological polar surface area (TPSA) is 29.5 Å². The van der Waals surface area contributed by atoms with Gasteiger partial charge in [-0.15, -0.1) is 0 Å². The number of halogens is 3. The van der Waals surface area contributed by atoms with Crippen LogP contribution in [-0.4, -0.2) is 24.9 Å². The summed E-state index contributed by atoms with van der Waals surface area (Å²) in [6.45, 7) is 0.339. The Balaban J connectivity index is 3.40. The van der Waals surface area contributed by atoms with Crippen LogP contribution in [0.15, 0.2) is 9.52 Å². The maximum atomic E-state index is 8.27. The van der Waals surface area contributed by atoms with E-state index in [1.165, 1.54) is 0 Å².